The van der Waals surface area contributed by atoms with Gasteiger partial charge in [0.2, 0.25) is 0 Å². The average molecular weight is 521 g/mol. The molecule has 1 aliphatic heterocycles. The van der Waals surface area contributed by atoms with Crippen LogP contribution < -0.4 is 10.6 Å². The van der Waals surface area contributed by atoms with E-state index in [1.54, 1.807) is 18.9 Å². The topological polar surface area (TPSA) is 48.9 Å². The van der Waals surface area contributed by atoms with E-state index in [2.05, 4.69) is 53.8 Å². The highest BCUT2D eigenvalue weighted by Gasteiger charge is 2.19. The number of hydrogen-bond acceptors (Lipinski definition) is 4. The lowest BCUT2D eigenvalue weighted by Crippen LogP contribution is -2.43. The number of benzene rings is 1. The summed E-state index contributed by atoms with van der Waals surface area (Å²) in [6.07, 6.45) is 4.61. The summed E-state index contributed by atoms with van der Waals surface area (Å²) in [5.74, 6) is 1.64. The lowest BCUT2D eigenvalue weighted by atomic mass is 9.97. The molecule has 2 rings (SSSR count). The molecule has 0 saturated carbocycles. The maximum atomic E-state index is 5.18. The molecule has 28 heavy (non-hydrogen) atoms. The number of thioether (sulfide) groups is 1. The Morgan fingerprint density at radius 3 is 2.68 bits per heavy atom. The highest BCUT2D eigenvalue weighted by molar-refractivity contribution is 14.0. The van der Waals surface area contributed by atoms with Crippen LogP contribution in [-0.2, 0) is 11.3 Å². The van der Waals surface area contributed by atoms with Crippen molar-refractivity contribution in [3.8, 4) is 0 Å². The van der Waals surface area contributed by atoms with E-state index >= 15 is 0 Å². The standard InChI is InChI=1S/C21H36N4OS.HI/c1-5-22-21(24-16-19-7-6-17(2)14-20(19)27-4)23-15-18-8-10-25(11-9-18)12-13-26-3;/h6-7,14,18H,5,8-13,15-16H2,1-4H3,(H2,22,23,24);1H. The quantitative estimate of drug-likeness (QED) is 0.225. The zero-order chi connectivity index (χ0) is 19.5. The fraction of sp³-hybridized carbons (Fsp3) is 0.667. The van der Waals surface area contributed by atoms with Gasteiger partial charge in [0.1, 0.15) is 0 Å². The number of halogens is 1. The SMILES string of the molecule is CCNC(=NCc1ccc(C)cc1SC)NCC1CCN(CCOC)CC1.I. The van der Waals surface area contributed by atoms with E-state index in [4.69, 9.17) is 9.73 Å². The monoisotopic (exact) mass is 520 g/mol. The van der Waals surface area contributed by atoms with Gasteiger partial charge < -0.3 is 20.3 Å². The Bertz CT molecular complexity index is 592. The highest BCUT2D eigenvalue weighted by Crippen LogP contribution is 2.22. The zero-order valence-corrected chi connectivity index (χ0v) is 20.9. The second-order valence-electron chi connectivity index (χ2n) is 7.17. The van der Waals surface area contributed by atoms with E-state index < -0.39 is 0 Å². The van der Waals surface area contributed by atoms with Gasteiger partial charge in [-0.1, -0.05) is 12.1 Å². The van der Waals surface area contributed by atoms with Gasteiger partial charge in [-0.3, -0.25) is 0 Å². The second-order valence-corrected chi connectivity index (χ2v) is 8.02. The summed E-state index contributed by atoms with van der Waals surface area (Å²) < 4.78 is 5.18. The molecule has 0 bridgehead atoms. The number of hydrogen-bond donors (Lipinski definition) is 2. The Labute approximate surface area is 192 Å². The fourth-order valence-electron chi connectivity index (χ4n) is 3.36. The van der Waals surface area contributed by atoms with Gasteiger partial charge in [-0.25, -0.2) is 4.99 Å². The van der Waals surface area contributed by atoms with E-state index in [0.717, 1.165) is 32.2 Å². The van der Waals surface area contributed by atoms with Crippen LogP contribution in [0.2, 0.25) is 0 Å². The highest BCUT2D eigenvalue weighted by atomic mass is 127. The number of aryl methyl sites for hydroxylation is 1. The summed E-state index contributed by atoms with van der Waals surface area (Å²) in [7, 11) is 1.77. The molecular weight excluding hydrogens is 483 g/mol. The van der Waals surface area contributed by atoms with Gasteiger partial charge in [0.25, 0.3) is 0 Å². The first-order chi connectivity index (χ1) is 13.2. The fourth-order valence-corrected chi connectivity index (χ4v) is 4.06. The van der Waals surface area contributed by atoms with Crippen molar-refractivity contribution < 1.29 is 4.74 Å². The second kappa shape index (κ2) is 14.5. The summed E-state index contributed by atoms with van der Waals surface area (Å²) in [5, 5.41) is 6.94. The first-order valence-corrected chi connectivity index (χ1v) is 11.3. The predicted octanol–water partition coefficient (Wildman–Crippen LogP) is 3.75. The van der Waals surface area contributed by atoms with Crippen molar-refractivity contribution in [3.63, 3.8) is 0 Å². The van der Waals surface area contributed by atoms with E-state index in [0.29, 0.717) is 12.5 Å². The summed E-state index contributed by atoms with van der Waals surface area (Å²) in [4.78, 5) is 8.63. The van der Waals surface area contributed by atoms with E-state index in [1.807, 2.05) is 0 Å². The van der Waals surface area contributed by atoms with Gasteiger partial charge in [0.05, 0.1) is 13.2 Å². The third kappa shape index (κ3) is 8.88. The molecule has 7 heteroatoms. The molecule has 5 nitrogen and oxygen atoms in total. The number of methoxy groups -OCH3 is 1. The van der Waals surface area contributed by atoms with Crippen molar-refractivity contribution in [2.45, 2.75) is 38.1 Å². The molecule has 0 unspecified atom stereocenters. The molecule has 1 aromatic rings. The number of nitrogens with zero attached hydrogens (tertiary/aromatic N) is 2. The third-order valence-corrected chi connectivity index (χ3v) is 5.89. The third-order valence-electron chi connectivity index (χ3n) is 5.07. The number of guanidine groups is 1. The van der Waals surface area contributed by atoms with Crippen molar-refractivity contribution in [1.29, 1.82) is 0 Å². The number of piperidine rings is 1. The minimum atomic E-state index is 0. The zero-order valence-electron chi connectivity index (χ0n) is 17.8. The molecule has 1 aliphatic rings. The van der Waals surface area contributed by atoms with Gasteiger partial charge in [-0.2, -0.15) is 0 Å². The van der Waals surface area contributed by atoms with Crippen molar-refractivity contribution in [2.75, 3.05) is 52.7 Å². The molecule has 160 valence electrons. The minimum Gasteiger partial charge on any atom is -0.383 e. The lowest BCUT2D eigenvalue weighted by Gasteiger charge is -2.32. The van der Waals surface area contributed by atoms with Crippen LogP contribution in [0.15, 0.2) is 28.1 Å². The molecule has 1 saturated heterocycles. The van der Waals surface area contributed by atoms with Crippen molar-refractivity contribution in [3.05, 3.63) is 29.3 Å². The van der Waals surface area contributed by atoms with E-state index in [-0.39, 0.29) is 24.0 Å². The Hall–Kier alpha value is -0.510. The van der Waals surface area contributed by atoms with Gasteiger partial charge in [0.15, 0.2) is 5.96 Å². The molecule has 0 amide bonds. The molecule has 1 fully saturated rings. The van der Waals surface area contributed by atoms with Gasteiger partial charge >= 0.3 is 0 Å². The van der Waals surface area contributed by atoms with Crippen LogP contribution in [0.25, 0.3) is 0 Å². The van der Waals surface area contributed by atoms with Gasteiger partial charge in [-0.15, -0.1) is 35.7 Å². The Kier molecular flexibility index (Phi) is 13.2. The largest absolute Gasteiger partial charge is 0.383 e. The molecule has 0 aromatic heterocycles. The Morgan fingerprint density at radius 2 is 2.04 bits per heavy atom. The number of ether oxygens (including phenoxy) is 1. The predicted molar refractivity (Wildman–Crippen MR) is 132 cm³/mol. The average Bonchev–Trinajstić information content (AvgIpc) is 2.69. The van der Waals surface area contributed by atoms with Crippen LogP contribution in [0.3, 0.4) is 0 Å². The maximum Gasteiger partial charge on any atom is 0.191 e. The first-order valence-electron chi connectivity index (χ1n) is 10.0. The van der Waals surface area contributed by atoms with E-state index in [9.17, 15) is 0 Å². The minimum absolute atomic E-state index is 0. The molecule has 0 aliphatic carbocycles. The van der Waals surface area contributed by atoms with Crippen LogP contribution in [-0.4, -0.2) is 63.6 Å². The molecule has 0 atom stereocenters. The first kappa shape index (κ1) is 25.5. The molecule has 0 spiro atoms. The van der Waals surface area contributed by atoms with Gasteiger partial charge in [-0.05, 0) is 69.1 Å². The summed E-state index contributed by atoms with van der Waals surface area (Å²) in [6, 6.07) is 6.61. The smallest absolute Gasteiger partial charge is 0.191 e. The normalized spacial score (nSPS) is 15.9. The summed E-state index contributed by atoms with van der Waals surface area (Å²) >= 11 is 1.79. The summed E-state index contributed by atoms with van der Waals surface area (Å²) in [6.45, 7) is 11.1. The van der Waals surface area contributed by atoms with Crippen LogP contribution in [0, 0.1) is 12.8 Å². The molecule has 1 aromatic carbocycles. The molecular formula is C21H37IN4OS. The maximum absolute atomic E-state index is 5.18. The van der Waals surface area contributed by atoms with Crippen molar-refractivity contribution >= 4 is 41.7 Å². The Morgan fingerprint density at radius 1 is 1.29 bits per heavy atom. The van der Waals surface area contributed by atoms with Crippen LogP contribution in [0.1, 0.15) is 30.9 Å². The summed E-state index contributed by atoms with van der Waals surface area (Å²) in [5.41, 5.74) is 2.59. The molecule has 2 N–H and O–H groups in total. The van der Waals surface area contributed by atoms with Crippen molar-refractivity contribution in [2.24, 2.45) is 10.9 Å². The Balaban J connectivity index is 0.00000392. The number of likely N-dealkylation sites (tertiary alicyclic amines) is 1. The number of aliphatic imine (C=N–C) groups is 1. The number of nitrogens with one attached hydrogen (secondary N) is 2. The van der Waals surface area contributed by atoms with Crippen LogP contribution in [0.4, 0.5) is 0 Å². The van der Waals surface area contributed by atoms with Gasteiger partial charge in [0, 0.05) is 31.6 Å². The van der Waals surface area contributed by atoms with Crippen LogP contribution in [0.5, 0.6) is 0 Å². The molecule has 0 radical (unpaired) electrons. The molecule has 1 heterocycles. The number of rotatable bonds is 9. The van der Waals surface area contributed by atoms with E-state index in [1.165, 1.54) is 42.0 Å². The lowest BCUT2D eigenvalue weighted by molar-refractivity contribution is 0.121. The van der Waals surface area contributed by atoms with Crippen LogP contribution >= 0.6 is 35.7 Å². The van der Waals surface area contributed by atoms with Crippen molar-refractivity contribution in [1.82, 2.24) is 15.5 Å².